The van der Waals surface area contributed by atoms with E-state index in [9.17, 15) is 10.1 Å². The number of nitro benzene ring substituents is 1. The second-order valence-corrected chi connectivity index (χ2v) is 7.88. The fraction of sp³-hybridized carbons (Fsp3) is 0.458. The van der Waals surface area contributed by atoms with Crippen molar-refractivity contribution < 1.29 is 14.1 Å². The lowest BCUT2D eigenvalue weighted by Crippen LogP contribution is -2.49. The fourth-order valence-corrected chi connectivity index (χ4v) is 4.18. The number of non-ortho nitro benzene ring substituents is 1. The van der Waals surface area contributed by atoms with Crippen molar-refractivity contribution in [2.45, 2.75) is 40.7 Å². The number of imidazole rings is 1. The van der Waals surface area contributed by atoms with E-state index in [4.69, 9.17) is 9.72 Å². The Morgan fingerprint density at radius 2 is 1.71 bits per heavy atom. The number of hydrogen-bond acceptors (Lipinski definition) is 4. The number of nitro groups is 1. The van der Waals surface area contributed by atoms with Crippen molar-refractivity contribution in [3.63, 3.8) is 0 Å². The second-order valence-electron chi connectivity index (χ2n) is 7.88. The van der Waals surface area contributed by atoms with E-state index in [-0.39, 0.29) is 10.6 Å². The Kier molecular flexibility index (Phi) is 7.28. The molecule has 166 valence electrons. The highest BCUT2D eigenvalue weighted by molar-refractivity contribution is 5.78. The van der Waals surface area contributed by atoms with Gasteiger partial charge in [-0.3, -0.25) is 10.1 Å². The first kappa shape index (κ1) is 22.7. The molecule has 0 spiro atoms. The quantitative estimate of drug-likeness (QED) is 0.251. The molecule has 0 bridgehead atoms. The first-order valence-corrected chi connectivity index (χ1v) is 11.2. The summed E-state index contributed by atoms with van der Waals surface area (Å²) in [5, 5.41) is 11.2. The van der Waals surface area contributed by atoms with Gasteiger partial charge in [-0.25, -0.2) is 4.98 Å². The summed E-state index contributed by atoms with van der Waals surface area (Å²) in [5.74, 6) is 1.78. The molecular weight excluding hydrogens is 392 g/mol. The maximum absolute atomic E-state index is 11.2. The molecule has 0 N–H and O–H groups in total. The summed E-state index contributed by atoms with van der Waals surface area (Å²) in [7, 11) is 0. The van der Waals surface area contributed by atoms with Gasteiger partial charge in [-0.15, -0.1) is 0 Å². The van der Waals surface area contributed by atoms with E-state index in [1.165, 1.54) is 0 Å². The highest BCUT2D eigenvalue weighted by Crippen LogP contribution is 2.24. The summed E-state index contributed by atoms with van der Waals surface area (Å²) >= 11 is 0. The summed E-state index contributed by atoms with van der Waals surface area (Å²) in [5.41, 5.74) is 2.84. The third-order valence-electron chi connectivity index (χ3n) is 6.43. The molecule has 0 radical (unpaired) electrons. The number of aromatic nitrogens is 2. The Balaban J connectivity index is 1.97. The van der Waals surface area contributed by atoms with Crippen LogP contribution in [0.25, 0.3) is 11.0 Å². The summed E-state index contributed by atoms with van der Waals surface area (Å²) in [6.07, 6.45) is 0.666. The Morgan fingerprint density at radius 3 is 2.29 bits per heavy atom. The van der Waals surface area contributed by atoms with Gasteiger partial charge < -0.3 is 13.8 Å². The van der Waals surface area contributed by atoms with E-state index in [0.29, 0.717) is 18.5 Å². The number of quaternary nitrogens is 1. The Hall–Kier alpha value is -2.93. The molecule has 31 heavy (non-hydrogen) atoms. The highest BCUT2D eigenvalue weighted by Gasteiger charge is 2.22. The number of ether oxygens (including phenoxy) is 1. The smallest absolute Gasteiger partial charge is 0.271 e. The molecule has 0 saturated heterocycles. The Bertz CT molecular complexity index is 1010. The van der Waals surface area contributed by atoms with Gasteiger partial charge in [-0.1, -0.05) is 12.1 Å². The molecule has 3 rings (SSSR count). The van der Waals surface area contributed by atoms with E-state index in [0.717, 1.165) is 59.9 Å². The number of rotatable bonds is 11. The first-order valence-electron chi connectivity index (χ1n) is 11.2. The van der Waals surface area contributed by atoms with Gasteiger partial charge in [0.25, 0.3) is 5.69 Å². The summed E-state index contributed by atoms with van der Waals surface area (Å²) in [4.78, 5) is 15.7. The zero-order valence-corrected chi connectivity index (χ0v) is 19.0. The topological polar surface area (TPSA) is 70.2 Å². The third-order valence-corrected chi connectivity index (χ3v) is 6.43. The van der Waals surface area contributed by atoms with Crippen LogP contribution in [0.15, 0.2) is 42.5 Å². The Morgan fingerprint density at radius 1 is 1.03 bits per heavy atom. The minimum absolute atomic E-state index is 0.0746. The molecule has 2 aromatic carbocycles. The number of likely N-dealkylation sites (N-methyl/N-ethyl adjacent to an activating group) is 1. The van der Waals surface area contributed by atoms with Crippen LogP contribution in [-0.2, 0) is 13.0 Å². The maximum Gasteiger partial charge on any atom is 0.271 e. The van der Waals surface area contributed by atoms with E-state index in [2.05, 4.69) is 37.5 Å². The van der Waals surface area contributed by atoms with E-state index < -0.39 is 0 Å². The van der Waals surface area contributed by atoms with Crippen LogP contribution in [0, 0.1) is 10.1 Å². The van der Waals surface area contributed by atoms with Crippen molar-refractivity contribution in [2.75, 3.05) is 32.8 Å². The fourth-order valence-electron chi connectivity index (χ4n) is 4.18. The van der Waals surface area contributed by atoms with Crippen LogP contribution >= 0.6 is 0 Å². The minimum atomic E-state index is -0.363. The SMILES string of the molecule is CCOc1ccc(Cc2nc3cc([N+](=O)[O-])ccc3n2CC[N+](CC)(CC)CC)cc1. The molecular formula is C24H33N4O3+. The van der Waals surface area contributed by atoms with Crippen molar-refractivity contribution >= 4 is 16.7 Å². The minimum Gasteiger partial charge on any atom is -0.494 e. The monoisotopic (exact) mass is 425 g/mol. The number of nitrogens with zero attached hydrogens (tertiary/aromatic N) is 4. The van der Waals surface area contributed by atoms with E-state index >= 15 is 0 Å². The molecule has 0 fully saturated rings. The number of fused-ring (bicyclic) bond motifs is 1. The maximum atomic E-state index is 11.2. The molecule has 7 nitrogen and oxygen atoms in total. The molecule has 0 atom stereocenters. The zero-order chi connectivity index (χ0) is 22.4. The molecule has 0 unspecified atom stereocenters. The van der Waals surface area contributed by atoms with E-state index in [1.54, 1.807) is 12.1 Å². The number of hydrogen-bond donors (Lipinski definition) is 0. The standard InChI is InChI=1S/C24H33N4O3/c1-5-28(6-2,7-3)16-15-26-23-14-11-20(27(29)30)18-22(23)25-24(26)17-19-9-12-21(13-10-19)31-8-4/h9-14,18H,5-8,15-17H2,1-4H3/q+1. The van der Waals surface area contributed by atoms with Crippen LogP contribution in [0.1, 0.15) is 39.1 Å². The predicted octanol–water partition coefficient (Wildman–Crippen LogP) is 4.81. The van der Waals surface area contributed by atoms with Crippen molar-refractivity contribution in [3.8, 4) is 5.75 Å². The van der Waals surface area contributed by atoms with Crippen LogP contribution in [0.2, 0.25) is 0 Å². The lowest BCUT2D eigenvalue weighted by molar-refractivity contribution is -0.923. The van der Waals surface area contributed by atoms with E-state index in [1.807, 2.05) is 25.1 Å². The molecule has 1 aromatic heterocycles. The van der Waals surface area contributed by atoms with Crippen LogP contribution < -0.4 is 4.74 Å². The van der Waals surface area contributed by atoms with Crippen LogP contribution in [0.5, 0.6) is 5.75 Å². The molecule has 3 aromatic rings. The first-order chi connectivity index (χ1) is 14.9. The molecule has 7 heteroatoms. The molecule has 0 aliphatic carbocycles. The van der Waals surface area contributed by atoms with Crippen LogP contribution in [0.4, 0.5) is 5.69 Å². The van der Waals surface area contributed by atoms with Gasteiger partial charge in [-0.05, 0) is 51.5 Å². The number of benzene rings is 2. The van der Waals surface area contributed by atoms with Gasteiger partial charge in [0.2, 0.25) is 0 Å². The van der Waals surface area contributed by atoms with Gasteiger partial charge in [0, 0.05) is 18.6 Å². The van der Waals surface area contributed by atoms with Gasteiger partial charge in [0.05, 0.1) is 55.3 Å². The Labute approximate surface area is 184 Å². The average molecular weight is 426 g/mol. The predicted molar refractivity (Wildman–Crippen MR) is 124 cm³/mol. The van der Waals surface area contributed by atoms with Gasteiger partial charge in [-0.2, -0.15) is 0 Å². The van der Waals surface area contributed by atoms with Gasteiger partial charge in [0.15, 0.2) is 0 Å². The lowest BCUT2D eigenvalue weighted by Gasteiger charge is -2.36. The molecule has 1 heterocycles. The zero-order valence-electron chi connectivity index (χ0n) is 19.0. The summed E-state index contributed by atoms with van der Waals surface area (Å²) < 4.78 is 8.82. The normalized spacial score (nSPS) is 11.7. The van der Waals surface area contributed by atoms with Crippen molar-refractivity contribution in [1.29, 1.82) is 0 Å². The van der Waals surface area contributed by atoms with Crippen molar-refractivity contribution in [1.82, 2.24) is 9.55 Å². The molecule has 0 aliphatic heterocycles. The lowest BCUT2D eigenvalue weighted by atomic mass is 10.1. The molecule has 0 aliphatic rings. The highest BCUT2D eigenvalue weighted by atomic mass is 16.6. The van der Waals surface area contributed by atoms with Crippen molar-refractivity contribution in [3.05, 3.63) is 64.0 Å². The van der Waals surface area contributed by atoms with Crippen LogP contribution in [-0.4, -0.2) is 51.7 Å². The van der Waals surface area contributed by atoms with Gasteiger partial charge in [0.1, 0.15) is 11.6 Å². The second kappa shape index (κ2) is 9.92. The van der Waals surface area contributed by atoms with Gasteiger partial charge >= 0.3 is 0 Å². The molecule has 0 saturated carbocycles. The van der Waals surface area contributed by atoms with Crippen molar-refractivity contribution in [2.24, 2.45) is 0 Å². The molecule has 0 amide bonds. The van der Waals surface area contributed by atoms with Crippen LogP contribution in [0.3, 0.4) is 0 Å². The summed E-state index contributed by atoms with van der Waals surface area (Å²) in [6, 6.07) is 13.1. The largest absolute Gasteiger partial charge is 0.494 e. The summed E-state index contributed by atoms with van der Waals surface area (Å²) in [6.45, 7) is 14.4. The third kappa shape index (κ3) is 5.05. The average Bonchev–Trinajstić information content (AvgIpc) is 3.13.